The van der Waals surface area contributed by atoms with Gasteiger partial charge < -0.3 is 20.4 Å². The van der Waals surface area contributed by atoms with Crippen molar-refractivity contribution in [3.8, 4) is 11.5 Å². The minimum Gasteiger partial charge on any atom is -0.872 e. The summed E-state index contributed by atoms with van der Waals surface area (Å²) in [5, 5.41) is 38.0. The second kappa shape index (κ2) is 22.7. The molecule has 0 radical (unpaired) electrons. The molecule has 10 heteroatoms. The molecule has 60 heavy (non-hydrogen) atoms. The largest absolute Gasteiger partial charge is 0.872 e. The molecule has 0 aliphatic carbocycles. The quantitative estimate of drug-likeness (QED) is 0.147. The maximum absolute atomic E-state index is 12.3. The topological polar surface area (TPSA) is 121 Å². The summed E-state index contributed by atoms with van der Waals surface area (Å²) in [6.45, 7) is 0. The monoisotopic (exact) mass is 836 g/mol. The van der Waals surface area contributed by atoms with Gasteiger partial charge in [0.1, 0.15) is 11.6 Å². The summed E-state index contributed by atoms with van der Waals surface area (Å²) in [7, 11) is -0.0293. The van der Waals surface area contributed by atoms with Crippen molar-refractivity contribution in [2.75, 3.05) is 0 Å². The van der Waals surface area contributed by atoms with Crippen molar-refractivity contribution in [1.82, 2.24) is 0 Å². The summed E-state index contributed by atoms with van der Waals surface area (Å²) in [5.41, 5.74) is -0.948. The zero-order valence-corrected chi connectivity index (χ0v) is 33.5. The Morgan fingerprint density at radius 3 is 0.867 bits per heavy atom. The lowest BCUT2D eigenvalue weighted by atomic mass is 10.2. The molecule has 0 unspecified atom stereocenters. The van der Waals surface area contributed by atoms with Crippen molar-refractivity contribution in [2.24, 2.45) is 0 Å². The highest BCUT2D eigenvalue weighted by Crippen LogP contribution is 2.32. The molecule has 0 aliphatic rings. The molecule has 8 aromatic rings. The lowest BCUT2D eigenvalue weighted by Crippen LogP contribution is -2.04. The third kappa shape index (κ3) is 12.9. The normalized spacial score (nSPS) is 10.2. The zero-order valence-electron chi connectivity index (χ0n) is 31.9. The molecule has 0 amide bonds. The fraction of sp³-hybridized carbons (Fsp3) is 0. The molecule has 8 rings (SSSR count). The van der Waals surface area contributed by atoms with Gasteiger partial charge in [0.05, 0.1) is 32.9 Å². The average Bonchev–Trinajstić information content (AvgIpc) is 3.27. The number of aromatic carboxylic acids is 2. The molecule has 6 nitrogen and oxygen atoms in total. The van der Waals surface area contributed by atoms with Crippen LogP contribution < -0.4 is 10.2 Å². The van der Waals surface area contributed by atoms with Crippen molar-refractivity contribution in [3.63, 3.8) is 0 Å². The molecule has 0 heterocycles. The van der Waals surface area contributed by atoms with Crippen LogP contribution in [-0.2, 0) is 21.8 Å². The fourth-order valence-corrected chi connectivity index (χ4v) is 9.71. The first-order valence-corrected chi connectivity index (χ1v) is 20.8. The van der Waals surface area contributed by atoms with E-state index in [1.165, 1.54) is 29.4 Å². The van der Waals surface area contributed by atoms with Crippen molar-refractivity contribution in [3.05, 3.63) is 241 Å². The molecular weight excluding hydrogens is 799 g/mol. The van der Waals surface area contributed by atoms with Crippen LogP contribution in [0.2, 0.25) is 0 Å². The number of carboxylic acids is 2. The van der Waals surface area contributed by atoms with E-state index in [0.29, 0.717) is 12.1 Å². The second-order valence-electron chi connectivity index (χ2n) is 12.4. The van der Waals surface area contributed by atoms with Gasteiger partial charge in [-0.15, -0.1) is 0 Å². The van der Waals surface area contributed by atoms with Gasteiger partial charge >= 0.3 is 11.9 Å². The van der Waals surface area contributed by atoms with Crippen molar-refractivity contribution >= 4 is 33.7 Å². The Bertz CT molecular complexity index is 2230. The first-order valence-electron chi connectivity index (χ1n) is 18.3. The maximum Gasteiger partial charge on any atom is 0.335 e. The van der Waals surface area contributed by atoms with Crippen LogP contribution in [0.5, 0.6) is 11.5 Å². The van der Waals surface area contributed by atoms with Crippen LogP contribution in [0.1, 0.15) is 20.7 Å². The highest BCUT2D eigenvalue weighted by Gasteiger charge is 2.28. The molecule has 0 fully saturated rings. The van der Waals surface area contributed by atoms with E-state index in [9.17, 15) is 28.6 Å². The molecule has 0 saturated heterocycles. The molecule has 2 N–H and O–H groups in total. The van der Waals surface area contributed by atoms with Crippen LogP contribution in [0, 0.1) is 11.6 Å². The molecule has 0 bridgehead atoms. The predicted octanol–water partition coefficient (Wildman–Crippen LogP) is 10.8. The smallest absolute Gasteiger partial charge is 0.335 e. The Morgan fingerprint density at radius 2 is 0.617 bits per heavy atom. The van der Waals surface area contributed by atoms with Crippen LogP contribution >= 0.6 is 0 Å². The van der Waals surface area contributed by atoms with E-state index in [1.54, 1.807) is 0 Å². The third-order valence-electron chi connectivity index (χ3n) is 8.22. The summed E-state index contributed by atoms with van der Waals surface area (Å²) < 4.78 is 24.5. The molecular formula is C50H38F2O6S2. The van der Waals surface area contributed by atoms with Crippen LogP contribution in [0.25, 0.3) is 0 Å². The van der Waals surface area contributed by atoms with Gasteiger partial charge in [0, 0.05) is 0 Å². The summed E-state index contributed by atoms with van der Waals surface area (Å²) in [5.74, 6) is -5.68. The van der Waals surface area contributed by atoms with Crippen molar-refractivity contribution in [1.29, 1.82) is 0 Å². The van der Waals surface area contributed by atoms with E-state index in [1.807, 2.05) is 0 Å². The van der Waals surface area contributed by atoms with Crippen LogP contribution in [0.15, 0.2) is 248 Å². The first kappa shape index (κ1) is 44.0. The number of halogens is 2. The highest BCUT2D eigenvalue weighted by molar-refractivity contribution is 7.97. The van der Waals surface area contributed by atoms with Gasteiger partial charge in [-0.3, -0.25) is 0 Å². The third-order valence-corrected chi connectivity index (χ3v) is 12.7. The van der Waals surface area contributed by atoms with E-state index >= 15 is 0 Å². The standard InChI is InChI=1S/2C18H15S.2C7H5FO3/c2*1-4-10-16(11-5-1)19(17-12-6-2-7-13-17)18-14-8-3-9-15-18;8-4-1-2-6(9)5(3-4)7(10)11;8-4-1-2-5(7(10)11)6(9)3-4/h2*1-15H;2*1-3,9H,(H,10,11)/q2*+1;;/p-2. The minimum absolute atomic E-state index is 0.0146. The van der Waals surface area contributed by atoms with Gasteiger partial charge in [0.25, 0.3) is 0 Å². The van der Waals surface area contributed by atoms with Crippen LogP contribution in [0.4, 0.5) is 8.78 Å². The number of hydrogen-bond donors (Lipinski definition) is 2. The van der Waals surface area contributed by atoms with E-state index in [2.05, 4.69) is 182 Å². The van der Waals surface area contributed by atoms with Crippen molar-refractivity contribution in [2.45, 2.75) is 29.4 Å². The van der Waals surface area contributed by atoms with E-state index in [0.717, 1.165) is 24.3 Å². The summed E-state index contributed by atoms with van der Waals surface area (Å²) in [4.78, 5) is 28.6. The molecule has 0 atom stereocenters. The Balaban J connectivity index is 0.000000157. The van der Waals surface area contributed by atoms with Crippen molar-refractivity contribution < 1.29 is 38.8 Å². The number of hydrogen-bond acceptors (Lipinski definition) is 4. The van der Waals surface area contributed by atoms with E-state index < -0.39 is 46.2 Å². The Morgan fingerprint density at radius 1 is 0.350 bits per heavy atom. The molecule has 0 saturated carbocycles. The zero-order chi connectivity index (χ0) is 42.7. The molecule has 0 aliphatic heterocycles. The number of benzene rings is 8. The van der Waals surface area contributed by atoms with Crippen LogP contribution in [0.3, 0.4) is 0 Å². The highest BCUT2D eigenvalue weighted by atomic mass is 32.2. The van der Waals surface area contributed by atoms with Gasteiger partial charge in [0.15, 0.2) is 29.4 Å². The van der Waals surface area contributed by atoms with E-state index in [-0.39, 0.29) is 21.8 Å². The Hall–Kier alpha value is -7.14. The molecule has 0 aromatic heterocycles. The summed E-state index contributed by atoms with van der Waals surface area (Å²) in [6.07, 6.45) is 0. The summed E-state index contributed by atoms with van der Waals surface area (Å²) >= 11 is 0. The van der Waals surface area contributed by atoms with Gasteiger partial charge in [-0.1, -0.05) is 127 Å². The van der Waals surface area contributed by atoms with Gasteiger partial charge in [-0.25, -0.2) is 18.4 Å². The molecule has 300 valence electrons. The number of carbonyl (C=O) groups is 2. The molecule has 8 aromatic carbocycles. The Labute approximate surface area is 353 Å². The van der Waals surface area contributed by atoms with Crippen LogP contribution in [-0.4, -0.2) is 22.2 Å². The Kier molecular flexibility index (Phi) is 16.6. The lowest BCUT2D eigenvalue weighted by molar-refractivity contribution is -0.269. The first-order chi connectivity index (χ1) is 29.1. The minimum atomic E-state index is -1.41. The van der Waals surface area contributed by atoms with Gasteiger partial charge in [-0.2, -0.15) is 0 Å². The van der Waals surface area contributed by atoms with Gasteiger partial charge in [0.2, 0.25) is 0 Å². The maximum atomic E-state index is 12.3. The average molecular weight is 837 g/mol. The number of rotatable bonds is 8. The second-order valence-corrected chi connectivity index (χ2v) is 16.4. The SMILES string of the molecule is O=C(O)c1cc(F)ccc1[O-].O=C(O)c1ccc(F)cc1[O-].c1ccc([S+](c2ccccc2)c2ccccc2)cc1.c1ccc([S+](c2ccccc2)c2ccccc2)cc1. The lowest BCUT2D eigenvalue weighted by Gasteiger charge is -2.08. The number of carboxylic acid groups (broad SMARTS) is 2. The predicted molar refractivity (Wildman–Crippen MR) is 229 cm³/mol. The van der Waals surface area contributed by atoms with Gasteiger partial charge in [-0.05, 0) is 103 Å². The molecule has 0 spiro atoms. The summed E-state index contributed by atoms with van der Waals surface area (Å²) in [6, 6.07) is 69.3. The fourth-order valence-electron chi connectivity index (χ4n) is 5.50. The van der Waals surface area contributed by atoms with E-state index in [4.69, 9.17) is 10.2 Å².